The number of hydrogen-bond acceptors (Lipinski definition) is 4. The molecule has 1 aromatic rings. The van der Waals surface area contributed by atoms with Gasteiger partial charge in [-0.1, -0.05) is 18.5 Å². The molecule has 0 aliphatic rings. The van der Waals surface area contributed by atoms with Gasteiger partial charge in [0.25, 0.3) is 0 Å². The number of nitrogens with two attached hydrogens (primary N) is 1. The average molecular weight is 243 g/mol. The van der Waals surface area contributed by atoms with Crippen molar-refractivity contribution < 1.29 is 4.79 Å². The van der Waals surface area contributed by atoms with Crippen LogP contribution < -0.4 is 11.1 Å². The van der Waals surface area contributed by atoms with Crippen LogP contribution in [0.2, 0.25) is 5.15 Å². The summed E-state index contributed by atoms with van der Waals surface area (Å²) in [4.78, 5) is 19.1. The molecule has 1 amide bonds. The molecule has 88 valence electrons. The second-order valence-corrected chi connectivity index (χ2v) is 3.83. The third-order valence-electron chi connectivity index (χ3n) is 2.04. The molecule has 0 bridgehead atoms. The largest absolute Gasteiger partial charge is 0.368 e. The normalized spacial score (nSPS) is 10.2. The van der Waals surface area contributed by atoms with Crippen LogP contribution in [-0.2, 0) is 11.2 Å². The number of aryl methyl sites for hydroxylation is 1. The molecule has 1 heterocycles. The monoisotopic (exact) mass is 242 g/mol. The van der Waals surface area contributed by atoms with Gasteiger partial charge in [-0.15, -0.1) is 0 Å². The van der Waals surface area contributed by atoms with Crippen molar-refractivity contribution >= 4 is 23.3 Å². The second kappa shape index (κ2) is 5.65. The standard InChI is InChI=1S/C10H15ClN4O/c1-3-4-8-14-9(11)6(2)10(15-8)13-5-7(12)16/h3-5H2,1-2H3,(H2,12,16)(H,13,14,15). The van der Waals surface area contributed by atoms with Gasteiger partial charge in [-0.2, -0.15) is 0 Å². The van der Waals surface area contributed by atoms with Crippen molar-refractivity contribution in [1.29, 1.82) is 0 Å². The second-order valence-electron chi connectivity index (χ2n) is 3.47. The van der Waals surface area contributed by atoms with E-state index in [1.165, 1.54) is 0 Å². The molecule has 1 rings (SSSR count). The van der Waals surface area contributed by atoms with Crippen LogP contribution in [-0.4, -0.2) is 22.4 Å². The lowest BCUT2D eigenvalue weighted by Gasteiger charge is -2.09. The fourth-order valence-electron chi connectivity index (χ4n) is 1.21. The first-order chi connectivity index (χ1) is 7.54. The van der Waals surface area contributed by atoms with Crippen molar-refractivity contribution in [3.63, 3.8) is 0 Å². The van der Waals surface area contributed by atoms with Crippen LogP contribution in [0.5, 0.6) is 0 Å². The highest BCUT2D eigenvalue weighted by Crippen LogP contribution is 2.19. The van der Waals surface area contributed by atoms with Crippen molar-refractivity contribution in [1.82, 2.24) is 9.97 Å². The summed E-state index contributed by atoms with van der Waals surface area (Å²) in [6.45, 7) is 3.87. The summed E-state index contributed by atoms with van der Waals surface area (Å²) in [5, 5.41) is 3.25. The summed E-state index contributed by atoms with van der Waals surface area (Å²) in [5.74, 6) is 0.804. The molecule has 1 aromatic heterocycles. The molecule has 6 heteroatoms. The Bertz CT molecular complexity index is 395. The molecule has 0 unspecified atom stereocenters. The molecule has 0 spiro atoms. The van der Waals surface area contributed by atoms with Crippen LogP contribution in [0.1, 0.15) is 24.7 Å². The topological polar surface area (TPSA) is 80.9 Å². The summed E-state index contributed by atoms with van der Waals surface area (Å²) in [6, 6.07) is 0. The quantitative estimate of drug-likeness (QED) is 0.763. The van der Waals surface area contributed by atoms with Crippen molar-refractivity contribution in [2.45, 2.75) is 26.7 Å². The zero-order valence-corrected chi connectivity index (χ0v) is 10.1. The highest BCUT2D eigenvalue weighted by atomic mass is 35.5. The Hall–Kier alpha value is -1.36. The number of carbonyl (C=O) groups is 1. The summed E-state index contributed by atoms with van der Waals surface area (Å²) in [7, 11) is 0. The van der Waals surface area contributed by atoms with Gasteiger partial charge < -0.3 is 11.1 Å². The van der Waals surface area contributed by atoms with Gasteiger partial charge in [0, 0.05) is 12.0 Å². The van der Waals surface area contributed by atoms with Crippen LogP contribution in [0.3, 0.4) is 0 Å². The van der Waals surface area contributed by atoms with Gasteiger partial charge in [0.15, 0.2) is 0 Å². The maximum absolute atomic E-state index is 10.7. The van der Waals surface area contributed by atoms with Crippen LogP contribution in [0.15, 0.2) is 0 Å². The summed E-state index contributed by atoms with van der Waals surface area (Å²) < 4.78 is 0. The zero-order chi connectivity index (χ0) is 12.1. The van der Waals surface area contributed by atoms with Gasteiger partial charge in [0.1, 0.15) is 16.8 Å². The number of amides is 1. The zero-order valence-electron chi connectivity index (χ0n) is 9.38. The minimum atomic E-state index is -0.439. The maximum Gasteiger partial charge on any atom is 0.236 e. The summed E-state index contributed by atoms with van der Waals surface area (Å²) in [6.07, 6.45) is 1.69. The molecule has 0 aliphatic carbocycles. The van der Waals surface area contributed by atoms with Crippen molar-refractivity contribution in [3.8, 4) is 0 Å². The Balaban J connectivity index is 2.92. The molecule has 0 aromatic carbocycles. The first-order valence-corrected chi connectivity index (χ1v) is 5.47. The van der Waals surface area contributed by atoms with E-state index in [-0.39, 0.29) is 6.54 Å². The molecule has 16 heavy (non-hydrogen) atoms. The Morgan fingerprint density at radius 2 is 2.19 bits per heavy atom. The molecule has 0 saturated carbocycles. The van der Waals surface area contributed by atoms with Crippen LogP contribution >= 0.6 is 11.6 Å². The van der Waals surface area contributed by atoms with Crippen molar-refractivity contribution in [2.75, 3.05) is 11.9 Å². The Morgan fingerprint density at radius 1 is 1.50 bits per heavy atom. The molecule has 0 fully saturated rings. The number of aromatic nitrogens is 2. The highest BCUT2D eigenvalue weighted by Gasteiger charge is 2.09. The van der Waals surface area contributed by atoms with E-state index in [0.29, 0.717) is 16.8 Å². The molecule has 5 nitrogen and oxygen atoms in total. The van der Waals surface area contributed by atoms with E-state index >= 15 is 0 Å². The molecular weight excluding hydrogens is 228 g/mol. The van der Waals surface area contributed by atoms with Gasteiger partial charge in [-0.3, -0.25) is 4.79 Å². The lowest BCUT2D eigenvalue weighted by molar-refractivity contribution is -0.116. The predicted octanol–water partition coefficient (Wildman–Crippen LogP) is 1.29. The molecule has 0 aliphatic heterocycles. The summed E-state index contributed by atoms with van der Waals surface area (Å²) in [5.41, 5.74) is 5.77. The fraction of sp³-hybridized carbons (Fsp3) is 0.500. The molecule has 3 N–H and O–H groups in total. The molecule has 0 saturated heterocycles. The number of nitrogens with one attached hydrogen (secondary N) is 1. The van der Waals surface area contributed by atoms with Crippen molar-refractivity contribution in [3.05, 3.63) is 16.5 Å². The van der Waals surface area contributed by atoms with E-state index in [4.69, 9.17) is 17.3 Å². The van der Waals surface area contributed by atoms with Gasteiger partial charge in [0.05, 0.1) is 6.54 Å². The minimum Gasteiger partial charge on any atom is -0.368 e. The average Bonchev–Trinajstić information content (AvgIpc) is 2.21. The number of hydrogen-bond donors (Lipinski definition) is 2. The first kappa shape index (κ1) is 12.7. The highest BCUT2D eigenvalue weighted by molar-refractivity contribution is 6.30. The maximum atomic E-state index is 10.7. The molecule has 0 radical (unpaired) electrons. The third-order valence-corrected chi connectivity index (χ3v) is 2.40. The fourth-order valence-corrected chi connectivity index (χ4v) is 1.40. The third kappa shape index (κ3) is 3.34. The van der Waals surface area contributed by atoms with E-state index in [2.05, 4.69) is 15.3 Å². The Labute approximate surface area is 99.4 Å². The molecule has 0 atom stereocenters. The number of nitrogens with zero attached hydrogens (tertiary/aromatic N) is 2. The van der Waals surface area contributed by atoms with Gasteiger partial charge in [-0.25, -0.2) is 9.97 Å². The van der Waals surface area contributed by atoms with E-state index in [9.17, 15) is 4.79 Å². The smallest absolute Gasteiger partial charge is 0.236 e. The van der Waals surface area contributed by atoms with E-state index < -0.39 is 5.91 Å². The first-order valence-electron chi connectivity index (χ1n) is 5.09. The van der Waals surface area contributed by atoms with Gasteiger partial charge >= 0.3 is 0 Å². The van der Waals surface area contributed by atoms with Gasteiger partial charge in [0.2, 0.25) is 5.91 Å². The number of halogens is 1. The van der Waals surface area contributed by atoms with Gasteiger partial charge in [-0.05, 0) is 13.3 Å². The van der Waals surface area contributed by atoms with E-state index in [1.54, 1.807) is 6.92 Å². The van der Waals surface area contributed by atoms with Crippen LogP contribution in [0.25, 0.3) is 0 Å². The number of anilines is 1. The van der Waals surface area contributed by atoms with Crippen molar-refractivity contribution in [2.24, 2.45) is 5.73 Å². The lowest BCUT2D eigenvalue weighted by Crippen LogP contribution is -2.23. The predicted molar refractivity (Wildman–Crippen MR) is 63.5 cm³/mol. The number of rotatable bonds is 5. The Morgan fingerprint density at radius 3 is 2.75 bits per heavy atom. The number of carbonyl (C=O) groups excluding carboxylic acids is 1. The Kier molecular flexibility index (Phi) is 4.49. The van der Waals surface area contributed by atoms with E-state index in [1.807, 2.05) is 6.92 Å². The minimum absolute atomic E-state index is 0.0414. The SMILES string of the molecule is CCCc1nc(Cl)c(C)c(NCC(N)=O)n1. The van der Waals surface area contributed by atoms with Crippen LogP contribution in [0, 0.1) is 6.92 Å². The molecular formula is C10H15ClN4O. The summed E-state index contributed by atoms with van der Waals surface area (Å²) >= 11 is 5.96. The van der Waals surface area contributed by atoms with Crippen LogP contribution in [0.4, 0.5) is 5.82 Å². The van der Waals surface area contributed by atoms with E-state index in [0.717, 1.165) is 18.4 Å². The lowest BCUT2D eigenvalue weighted by atomic mass is 10.3. The number of primary amides is 1.